The molecule has 0 aliphatic heterocycles. The van der Waals surface area contributed by atoms with Gasteiger partial charge in [-0.25, -0.2) is 8.42 Å². The highest BCUT2D eigenvalue weighted by Crippen LogP contribution is 2.31. The minimum Gasteiger partial charge on any atom is -0.352 e. The number of hydrogen-bond acceptors (Lipinski definition) is 4. The van der Waals surface area contributed by atoms with Crippen LogP contribution in [0.1, 0.15) is 43.7 Å². The third kappa shape index (κ3) is 7.16. The summed E-state index contributed by atoms with van der Waals surface area (Å²) in [6.07, 6.45) is 3.93. The molecule has 3 aromatic rings. The fourth-order valence-corrected chi connectivity index (χ4v) is 6.46. The number of sulfonamides is 1. The van der Waals surface area contributed by atoms with E-state index in [1.165, 1.54) is 35.2 Å². The van der Waals surface area contributed by atoms with Crippen molar-refractivity contribution in [2.45, 2.75) is 63.1 Å². The smallest absolute Gasteiger partial charge is 0.264 e. The zero-order chi connectivity index (χ0) is 28.9. The number of amides is 2. The Morgan fingerprint density at radius 2 is 1.60 bits per heavy atom. The van der Waals surface area contributed by atoms with Gasteiger partial charge in [-0.05, 0) is 62.6 Å². The second kappa shape index (κ2) is 13.1. The molecule has 0 heterocycles. The van der Waals surface area contributed by atoms with Crippen LogP contribution in [0.15, 0.2) is 77.7 Å². The number of benzene rings is 3. The Bertz CT molecular complexity index is 1440. The Labute approximate surface area is 246 Å². The number of carbonyl (C=O) groups excluding carboxylic acids is 2. The molecule has 0 radical (unpaired) electrons. The molecule has 2 amide bonds. The van der Waals surface area contributed by atoms with E-state index in [0.29, 0.717) is 0 Å². The summed E-state index contributed by atoms with van der Waals surface area (Å²) in [4.78, 5) is 28.7. The number of halogens is 2. The van der Waals surface area contributed by atoms with Crippen LogP contribution in [0.5, 0.6) is 0 Å². The largest absolute Gasteiger partial charge is 0.352 e. The molecule has 0 saturated heterocycles. The van der Waals surface area contributed by atoms with Crippen molar-refractivity contribution in [3.63, 3.8) is 0 Å². The quantitative estimate of drug-likeness (QED) is 0.310. The van der Waals surface area contributed by atoms with Crippen LogP contribution in [0.2, 0.25) is 10.0 Å². The van der Waals surface area contributed by atoms with E-state index in [0.717, 1.165) is 41.1 Å². The van der Waals surface area contributed by atoms with Gasteiger partial charge < -0.3 is 10.2 Å². The molecule has 1 aliphatic rings. The Balaban J connectivity index is 1.69. The molecule has 0 bridgehead atoms. The lowest BCUT2D eigenvalue weighted by Crippen LogP contribution is -2.52. The van der Waals surface area contributed by atoms with E-state index in [1.54, 1.807) is 19.1 Å². The molecule has 1 saturated carbocycles. The molecule has 0 unspecified atom stereocenters. The summed E-state index contributed by atoms with van der Waals surface area (Å²) in [6, 6.07) is 19.3. The molecule has 1 atom stereocenters. The van der Waals surface area contributed by atoms with Crippen molar-refractivity contribution < 1.29 is 18.0 Å². The van der Waals surface area contributed by atoms with Crippen LogP contribution in [0, 0.1) is 6.92 Å². The van der Waals surface area contributed by atoms with Gasteiger partial charge in [-0.1, -0.05) is 84.1 Å². The van der Waals surface area contributed by atoms with Crippen LogP contribution in [0.4, 0.5) is 5.69 Å². The number of hydrogen-bond donors (Lipinski definition) is 1. The summed E-state index contributed by atoms with van der Waals surface area (Å²) in [5.74, 6) is -0.793. The highest BCUT2D eigenvalue weighted by molar-refractivity contribution is 7.92. The SMILES string of the molecule is Cc1ccc(S(=O)(=O)N(CC(=O)N(Cc2ccccc2)[C@@H](C)C(=O)NC2CCCC2)c2ccc(Cl)c(Cl)c2)cc1. The molecule has 7 nitrogen and oxygen atoms in total. The van der Waals surface area contributed by atoms with Gasteiger partial charge in [-0.3, -0.25) is 13.9 Å². The number of anilines is 1. The minimum atomic E-state index is -4.18. The Kier molecular flexibility index (Phi) is 9.77. The molecule has 1 aliphatic carbocycles. The van der Waals surface area contributed by atoms with Gasteiger partial charge in [0.1, 0.15) is 12.6 Å². The van der Waals surface area contributed by atoms with Gasteiger partial charge in [-0.15, -0.1) is 0 Å². The van der Waals surface area contributed by atoms with Crippen molar-refractivity contribution in [3.05, 3.63) is 94.0 Å². The van der Waals surface area contributed by atoms with Gasteiger partial charge in [0.25, 0.3) is 10.0 Å². The fourth-order valence-electron chi connectivity index (χ4n) is 4.76. The van der Waals surface area contributed by atoms with E-state index in [-0.39, 0.29) is 39.1 Å². The van der Waals surface area contributed by atoms with Crippen molar-refractivity contribution in [2.75, 3.05) is 10.8 Å². The number of nitrogens with zero attached hydrogens (tertiary/aromatic N) is 2. The Morgan fingerprint density at radius 1 is 0.950 bits per heavy atom. The normalized spacial score (nSPS) is 14.5. The van der Waals surface area contributed by atoms with E-state index < -0.39 is 28.5 Å². The van der Waals surface area contributed by atoms with E-state index >= 15 is 0 Å². The van der Waals surface area contributed by atoms with E-state index in [9.17, 15) is 18.0 Å². The maximum absolute atomic E-state index is 14.0. The molecule has 0 spiro atoms. The number of carbonyl (C=O) groups is 2. The summed E-state index contributed by atoms with van der Waals surface area (Å²) in [7, 11) is -4.18. The second-order valence-electron chi connectivity index (χ2n) is 10.1. The maximum Gasteiger partial charge on any atom is 0.264 e. The van der Waals surface area contributed by atoms with Crippen molar-refractivity contribution in [1.82, 2.24) is 10.2 Å². The molecule has 3 aromatic carbocycles. The van der Waals surface area contributed by atoms with Crippen molar-refractivity contribution >= 4 is 50.7 Å². The van der Waals surface area contributed by atoms with E-state index in [4.69, 9.17) is 23.2 Å². The van der Waals surface area contributed by atoms with Gasteiger partial charge in [0, 0.05) is 12.6 Å². The molecule has 4 rings (SSSR count). The predicted octanol–water partition coefficient (Wildman–Crippen LogP) is 5.97. The highest BCUT2D eigenvalue weighted by atomic mass is 35.5. The first-order valence-electron chi connectivity index (χ1n) is 13.2. The Hall–Kier alpha value is -3.07. The average Bonchev–Trinajstić information content (AvgIpc) is 3.45. The van der Waals surface area contributed by atoms with Crippen molar-refractivity contribution in [2.24, 2.45) is 0 Å². The third-order valence-electron chi connectivity index (χ3n) is 7.14. The van der Waals surface area contributed by atoms with Gasteiger partial charge in [0.15, 0.2) is 0 Å². The molecule has 1 N–H and O–H groups in total. The molecule has 212 valence electrons. The molecule has 10 heteroatoms. The molecule has 40 heavy (non-hydrogen) atoms. The molecule has 1 fully saturated rings. The van der Waals surface area contributed by atoms with Crippen LogP contribution in [-0.4, -0.2) is 43.8 Å². The van der Waals surface area contributed by atoms with Crippen LogP contribution in [-0.2, 0) is 26.2 Å². The summed E-state index contributed by atoms with van der Waals surface area (Å²) >= 11 is 12.4. The fraction of sp³-hybridized carbons (Fsp3) is 0.333. The lowest BCUT2D eigenvalue weighted by Gasteiger charge is -2.32. The first kappa shape index (κ1) is 29.9. The monoisotopic (exact) mass is 601 g/mol. The maximum atomic E-state index is 14.0. The lowest BCUT2D eigenvalue weighted by atomic mass is 10.1. The summed E-state index contributed by atoms with van der Waals surface area (Å²) < 4.78 is 28.8. The first-order valence-corrected chi connectivity index (χ1v) is 15.4. The summed E-state index contributed by atoms with van der Waals surface area (Å²) in [5, 5.41) is 3.47. The van der Waals surface area contributed by atoms with Crippen LogP contribution >= 0.6 is 23.2 Å². The lowest BCUT2D eigenvalue weighted by molar-refractivity contribution is -0.139. The van der Waals surface area contributed by atoms with Gasteiger partial charge in [0.2, 0.25) is 11.8 Å². The number of nitrogens with one attached hydrogen (secondary N) is 1. The molecular formula is C30H33Cl2N3O4S. The second-order valence-corrected chi connectivity index (χ2v) is 12.8. The third-order valence-corrected chi connectivity index (χ3v) is 9.67. The van der Waals surface area contributed by atoms with E-state index in [2.05, 4.69) is 5.32 Å². The Morgan fingerprint density at radius 3 is 2.23 bits per heavy atom. The van der Waals surface area contributed by atoms with Crippen LogP contribution < -0.4 is 9.62 Å². The van der Waals surface area contributed by atoms with Crippen molar-refractivity contribution in [1.29, 1.82) is 0 Å². The van der Waals surface area contributed by atoms with Crippen LogP contribution in [0.3, 0.4) is 0 Å². The topological polar surface area (TPSA) is 86.8 Å². The molecular weight excluding hydrogens is 569 g/mol. The van der Waals surface area contributed by atoms with Gasteiger partial charge in [0.05, 0.1) is 20.6 Å². The first-order chi connectivity index (χ1) is 19.1. The van der Waals surface area contributed by atoms with Crippen LogP contribution in [0.25, 0.3) is 0 Å². The predicted molar refractivity (Wildman–Crippen MR) is 159 cm³/mol. The van der Waals surface area contributed by atoms with Gasteiger partial charge in [-0.2, -0.15) is 0 Å². The number of aryl methyl sites for hydroxylation is 1. The summed E-state index contributed by atoms with van der Waals surface area (Å²) in [6.45, 7) is 3.13. The number of rotatable bonds is 10. The standard InChI is InChI=1S/C30H33Cl2N3O4S/c1-21-12-15-26(16-13-21)40(38,39)35(25-14-17-27(31)28(32)18-25)20-29(36)34(19-23-8-4-3-5-9-23)22(2)30(37)33-24-10-6-7-11-24/h3-5,8-9,12-18,22,24H,6-7,10-11,19-20H2,1-2H3,(H,33,37)/t22-/m0/s1. The average molecular weight is 603 g/mol. The van der Waals surface area contributed by atoms with Crippen molar-refractivity contribution in [3.8, 4) is 0 Å². The molecule has 0 aromatic heterocycles. The van der Waals surface area contributed by atoms with Gasteiger partial charge >= 0.3 is 0 Å². The van der Waals surface area contributed by atoms with E-state index in [1.807, 2.05) is 37.3 Å². The highest BCUT2D eigenvalue weighted by Gasteiger charge is 2.33. The zero-order valence-corrected chi connectivity index (χ0v) is 24.8. The minimum absolute atomic E-state index is 0.0265. The zero-order valence-electron chi connectivity index (χ0n) is 22.5. The summed E-state index contributed by atoms with van der Waals surface area (Å²) in [5.41, 5.74) is 1.90.